The van der Waals surface area contributed by atoms with Gasteiger partial charge in [-0.15, -0.1) is 0 Å². The molecule has 1 aliphatic heterocycles. The Labute approximate surface area is 146 Å². The molecule has 1 saturated carbocycles. The molecule has 0 bridgehead atoms. The van der Waals surface area contributed by atoms with Crippen LogP contribution in [0.1, 0.15) is 44.2 Å². The number of likely N-dealkylation sites (tertiary alicyclic amines) is 1. The summed E-state index contributed by atoms with van der Waals surface area (Å²) in [6.45, 7) is 3.34. The second-order valence-corrected chi connectivity index (χ2v) is 7.42. The third-order valence-corrected chi connectivity index (χ3v) is 5.61. The quantitative estimate of drug-likeness (QED) is 0.918. The fraction of sp³-hybridized carbons (Fsp3) is 0.474. The van der Waals surface area contributed by atoms with Gasteiger partial charge in [-0.3, -0.25) is 5.32 Å². The van der Waals surface area contributed by atoms with Crippen molar-refractivity contribution < 1.29 is 9.18 Å². The van der Waals surface area contributed by atoms with Gasteiger partial charge in [0.15, 0.2) is 0 Å². The summed E-state index contributed by atoms with van der Waals surface area (Å²) < 4.78 is 15.5. The molecule has 0 radical (unpaired) electrons. The highest BCUT2D eigenvalue weighted by Gasteiger charge is 2.38. The molecule has 25 heavy (non-hydrogen) atoms. The lowest BCUT2D eigenvalue weighted by Crippen LogP contribution is -2.36. The molecule has 1 aromatic heterocycles. The Kier molecular flexibility index (Phi) is 3.98. The second kappa shape index (κ2) is 6.17. The van der Waals surface area contributed by atoms with Crippen LogP contribution in [0.3, 0.4) is 0 Å². The molecule has 2 fully saturated rings. The van der Waals surface area contributed by atoms with Crippen LogP contribution in [-0.4, -0.2) is 33.8 Å². The average Bonchev–Trinajstić information content (AvgIpc) is 3.14. The van der Waals surface area contributed by atoms with Gasteiger partial charge in [0.25, 0.3) is 0 Å². The van der Waals surface area contributed by atoms with Crippen LogP contribution in [0.2, 0.25) is 0 Å². The summed E-state index contributed by atoms with van der Waals surface area (Å²) in [5, 5.41) is 7.34. The van der Waals surface area contributed by atoms with E-state index >= 15 is 0 Å². The molecule has 6 heteroatoms. The number of anilines is 1. The van der Waals surface area contributed by atoms with Gasteiger partial charge >= 0.3 is 6.03 Å². The molecule has 1 saturated heterocycles. The zero-order valence-electron chi connectivity index (χ0n) is 14.4. The Morgan fingerprint density at radius 1 is 1.36 bits per heavy atom. The minimum Gasteiger partial charge on any atom is -0.324 e. The number of benzene rings is 1. The van der Waals surface area contributed by atoms with Crippen LogP contribution in [0.4, 0.5) is 15.0 Å². The van der Waals surface area contributed by atoms with E-state index in [9.17, 15) is 9.18 Å². The minimum absolute atomic E-state index is 0.110. The molecular formula is C19H23FN4O. The normalized spacial score (nSPS) is 23.5. The highest BCUT2D eigenvalue weighted by Crippen LogP contribution is 2.35. The molecule has 132 valence electrons. The second-order valence-electron chi connectivity index (χ2n) is 7.42. The molecule has 1 unspecified atom stereocenters. The van der Waals surface area contributed by atoms with Gasteiger partial charge < -0.3 is 4.90 Å². The lowest BCUT2D eigenvalue weighted by molar-refractivity contribution is 0.219. The topological polar surface area (TPSA) is 50.2 Å². The van der Waals surface area contributed by atoms with Crippen LogP contribution >= 0.6 is 0 Å². The van der Waals surface area contributed by atoms with Crippen LogP contribution in [-0.2, 0) is 5.41 Å². The Morgan fingerprint density at radius 2 is 2.20 bits per heavy atom. The third kappa shape index (κ3) is 3.01. The number of nitrogens with zero attached hydrogens (tertiary/aromatic N) is 3. The lowest BCUT2D eigenvalue weighted by Gasteiger charge is -2.28. The molecule has 2 heterocycles. The monoisotopic (exact) mass is 342 g/mol. The van der Waals surface area contributed by atoms with Crippen molar-refractivity contribution in [2.75, 3.05) is 18.4 Å². The van der Waals surface area contributed by atoms with Crippen LogP contribution < -0.4 is 5.32 Å². The lowest BCUT2D eigenvalue weighted by atomic mass is 9.82. The number of aromatic nitrogens is 2. The molecule has 1 atom stereocenters. The van der Waals surface area contributed by atoms with Gasteiger partial charge in [-0.2, -0.15) is 5.10 Å². The van der Waals surface area contributed by atoms with Gasteiger partial charge in [0.1, 0.15) is 11.6 Å². The maximum absolute atomic E-state index is 13.6. The number of carbonyl (C=O) groups is 1. The summed E-state index contributed by atoms with van der Waals surface area (Å²) in [4.78, 5) is 14.5. The van der Waals surface area contributed by atoms with Crippen molar-refractivity contribution in [3.8, 4) is 0 Å². The fourth-order valence-corrected chi connectivity index (χ4v) is 3.76. The predicted molar refractivity (Wildman–Crippen MR) is 94.1 cm³/mol. The molecule has 0 spiro atoms. The van der Waals surface area contributed by atoms with Gasteiger partial charge in [0.05, 0.1) is 12.2 Å². The summed E-state index contributed by atoms with van der Waals surface area (Å²) in [7, 11) is 0. The molecule has 1 aromatic carbocycles. The number of hydrogen-bond acceptors (Lipinski definition) is 2. The van der Waals surface area contributed by atoms with Gasteiger partial charge in [-0.05, 0) is 43.4 Å². The third-order valence-electron chi connectivity index (χ3n) is 5.61. The first kappa shape index (κ1) is 16.1. The van der Waals surface area contributed by atoms with Gasteiger partial charge in [0, 0.05) is 24.6 Å². The van der Waals surface area contributed by atoms with Crippen molar-refractivity contribution in [2.24, 2.45) is 0 Å². The highest BCUT2D eigenvalue weighted by molar-refractivity contribution is 5.88. The number of amides is 2. The number of carbonyl (C=O) groups excluding carboxylic acids is 1. The largest absolute Gasteiger partial charge is 0.324 e. The van der Waals surface area contributed by atoms with Crippen molar-refractivity contribution >= 4 is 11.8 Å². The number of nitrogens with one attached hydrogen (secondary N) is 1. The van der Waals surface area contributed by atoms with Crippen molar-refractivity contribution in [1.82, 2.24) is 14.7 Å². The average molecular weight is 342 g/mol. The van der Waals surface area contributed by atoms with Gasteiger partial charge in [-0.1, -0.05) is 19.1 Å². The molecule has 5 nitrogen and oxygen atoms in total. The molecular weight excluding hydrogens is 319 g/mol. The molecule has 4 rings (SSSR count). The van der Waals surface area contributed by atoms with Crippen molar-refractivity contribution in [3.63, 3.8) is 0 Å². The number of urea groups is 1. The van der Waals surface area contributed by atoms with Crippen LogP contribution in [0, 0.1) is 5.82 Å². The first-order valence-electron chi connectivity index (χ1n) is 8.91. The van der Waals surface area contributed by atoms with E-state index in [-0.39, 0.29) is 17.3 Å². The Morgan fingerprint density at radius 3 is 2.92 bits per heavy atom. The minimum atomic E-state index is -0.231. The Hall–Kier alpha value is -2.37. The van der Waals surface area contributed by atoms with E-state index in [1.54, 1.807) is 18.3 Å². The molecule has 1 N–H and O–H groups in total. The first-order chi connectivity index (χ1) is 12.0. The van der Waals surface area contributed by atoms with E-state index in [2.05, 4.69) is 17.3 Å². The zero-order valence-corrected chi connectivity index (χ0v) is 14.4. The van der Waals surface area contributed by atoms with E-state index in [1.807, 2.05) is 21.7 Å². The van der Waals surface area contributed by atoms with Gasteiger partial charge in [0.2, 0.25) is 0 Å². The van der Waals surface area contributed by atoms with E-state index in [0.717, 1.165) is 30.6 Å². The standard InChI is InChI=1S/C19H23FN4O/c1-19(14-4-2-5-15(20)12-14)9-11-23(13-19)18(25)22-17-8-10-21-24(17)16-6-3-7-16/h2,4-5,8,10,12,16H,3,6-7,9,11,13H2,1H3,(H,22,25). The van der Waals surface area contributed by atoms with Crippen molar-refractivity contribution in [1.29, 1.82) is 0 Å². The zero-order chi connectivity index (χ0) is 17.4. The highest BCUT2D eigenvalue weighted by atomic mass is 19.1. The Balaban J connectivity index is 1.45. The van der Waals surface area contributed by atoms with Crippen LogP contribution in [0.5, 0.6) is 0 Å². The summed E-state index contributed by atoms with van der Waals surface area (Å²) in [6, 6.07) is 8.84. The van der Waals surface area contributed by atoms with Crippen molar-refractivity contribution in [2.45, 2.75) is 44.1 Å². The number of hydrogen-bond donors (Lipinski definition) is 1. The molecule has 1 aliphatic carbocycles. The van der Waals surface area contributed by atoms with Gasteiger partial charge in [-0.25, -0.2) is 13.9 Å². The molecule has 2 aromatic rings. The van der Waals surface area contributed by atoms with E-state index in [0.29, 0.717) is 19.1 Å². The predicted octanol–water partition coefficient (Wildman–Crippen LogP) is 3.94. The smallest absolute Gasteiger partial charge is 0.323 e. The molecule has 2 aliphatic rings. The maximum atomic E-state index is 13.6. The van der Waals surface area contributed by atoms with Crippen molar-refractivity contribution in [3.05, 3.63) is 47.9 Å². The van der Waals surface area contributed by atoms with E-state index in [1.165, 1.54) is 12.5 Å². The number of rotatable bonds is 3. The SMILES string of the molecule is CC1(c2cccc(F)c2)CCN(C(=O)Nc2ccnn2C2CCC2)C1. The van der Waals surface area contributed by atoms with Crippen LogP contribution in [0.25, 0.3) is 0 Å². The first-order valence-corrected chi connectivity index (χ1v) is 8.91. The number of halogens is 1. The summed E-state index contributed by atoms with van der Waals surface area (Å²) in [6.07, 6.45) is 6.01. The molecule has 2 amide bonds. The maximum Gasteiger partial charge on any atom is 0.323 e. The van der Waals surface area contributed by atoms with Crippen LogP contribution in [0.15, 0.2) is 36.5 Å². The Bertz CT molecular complexity index is 785. The van der Waals surface area contributed by atoms with E-state index in [4.69, 9.17) is 0 Å². The summed E-state index contributed by atoms with van der Waals surface area (Å²) >= 11 is 0. The summed E-state index contributed by atoms with van der Waals surface area (Å²) in [5.74, 6) is 0.528. The summed E-state index contributed by atoms with van der Waals surface area (Å²) in [5.41, 5.74) is 0.732. The van der Waals surface area contributed by atoms with E-state index < -0.39 is 0 Å². The fourth-order valence-electron chi connectivity index (χ4n) is 3.76.